The van der Waals surface area contributed by atoms with Crippen LogP contribution < -0.4 is 5.73 Å². The molecule has 2 aromatic rings. The molecule has 0 aliphatic heterocycles. The number of aromatic nitrogens is 1. The summed E-state index contributed by atoms with van der Waals surface area (Å²) in [5.41, 5.74) is 6.95. The van der Waals surface area contributed by atoms with Crippen molar-refractivity contribution in [3.63, 3.8) is 0 Å². The number of pyridine rings is 1. The average molecular weight is 270 g/mol. The summed E-state index contributed by atoms with van der Waals surface area (Å²) in [6.07, 6.45) is 3.90. The molecule has 104 valence electrons. The minimum Gasteiger partial charge on any atom is -0.468 e. The number of nitrogens with two attached hydrogens (primary N) is 1. The first-order valence-electron chi connectivity index (χ1n) is 6.46. The van der Waals surface area contributed by atoms with Crippen molar-refractivity contribution < 1.29 is 9.53 Å². The molecule has 4 heteroatoms. The van der Waals surface area contributed by atoms with Gasteiger partial charge in [-0.1, -0.05) is 30.3 Å². The molecule has 0 saturated heterocycles. The lowest BCUT2D eigenvalue weighted by Gasteiger charge is -2.30. The number of hydrogen-bond donors (Lipinski definition) is 1. The van der Waals surface area contributed by atoms with Crippen LogP contribution in [0.4, 0.5) is 0 Å². The molecule has 0 amide bonds. The SMILES string of the molecule is COC(=O)C(CN)(Cc1ccncc1)c1ccccc1. The molecule has 0 radical (unpaired) electrons. The number of hydrogen-bond acceptors (Lipinski definition) is 4. The van der Waals surface area contributed by atoms with Gasteiger partial charge in [-0.05, 0) is 29.7 Å². The van der Waals surface area contributed by atoms with Gasteiger partial charge >= 0.3 is 5.97 Å². The van der Waals surface area contributed by atoms with E-state index < -0.39 is 5.41 Å². The van der Waals surface area contributed by atoms with E-state index in [0.717, 1.165) is 11.1 Å². The standard InChI is InChI=1S/C16H18N2O2/c1-20-15(19)16(12-17,14-5-3-2-4-6-14)11-13-7-9-18-10-8-13/h2-10H,11-12,17H2,1H3. The van der Waals surface area contributed by atoms with E-state index in [1.165, 1.54) is 7.11 Å². The largest absolute Gasteiger partial charge is 0.468 e. The van der Waals surface area contributed by atoms with E-state index in [9.17, 15) is 4.79 Å². The maximum atomic E-state index is 12.4. The minimum atomic E-state index is -0.864. The van der Waals surface area contributed by atoms with Crippen LogP contribution in [0.25, 0.3) is 0 Å². The van der Waals surface area contributed by atoms with Crippen molar-refractivity contribution in [2.24, 2.45) is 5.73 Å². The van der Waals surface area contributed by atoms with E-state index in [4.69, 9.17) is 10.5 Å². The first kappa shape index (κ1) is 14.2. The summed E-state index contributed by atoms with van der Waals surface area (Å²) in [6, 6.07) is 13.3. The number of ether oxygens (including phenoxy) is 1. The molecule has 20 heavy (non-hydrogen) atoms. The van der Waals surface area contributed by atoms with E-state index in [1.807, 2.05) is 42.5 Å². The van der Waals surface area contributed by atoms with Crippen molar-refractivity contribution in [2.75, 3.05) is 13.7 Å². The smallest absolute Gasteiger partial charge is 0.317 e. The normalized spacial score (nSPS) is 13.5. The van der Waals surface area contributed by atoms with Gasteiger partial charge in [0.25, 0.3) is 0 Å². The molecule has 1 aromatic carbocycles. The lowest BCUT2D eigenvalue weighted by molar-refractivity contribution is -0.147. The summed E-state index contributed by atoms with van der Waals surface area (Å²) in [6.45, 7) is 0.187. The highest BCUT2D eigenvalue weighted by atomic mass is 16.5. The van der Waals surface area contributed by atoms with Gasteiger partial charge in [-0.2, -0.15) is 0 Å². The molecule has 0 aliphatic carbocycles. The van der Waals surface area contributed by atoms with Gasteiger partial charge in [0.1, 0.15) is 5.41 Å². The molecule has 0 aliphatic rings. The van der Waals surface area contributed by atoms with E-state index in [2.05, 4.69) is 4.98 Å². The molecule has 0 fully saturated rings. The summed E-state index contributed by atoms with van der Waals surface area (Å²) in [5, 5.41) is 0. The Kier molecular flexibility index (Phi) is 4.48. The van der Waals surface area contributed by atoms with E-state index >= 15 is 0 Å². The number of esters is 1. The molecule has 1 unspecified atom stereocenters. The van der Waals surface area contributed by atoms with Crippen LogP contribution >= 0.6 is 0 Å². The zero-order valence-electron chi connectivity index (χ0n) is 11.5. The van der Waals surface area contributed by atoms with E-state index in [0.29, 0.717) is 6.42 Å². The molecule has 1 atom stereocenters. The Bertz CT molecular complexity index is 557. The zero-order valence-corrected chi connectivity index (χ0v) is 11.5. The van der Waals surface area contributed by atoms with Crippen molar-refractivity contribution in [1.29, 1.82) is 0 Å². The van der Waals surface area contributed by atoms with E-state index in [1.54, 1.807) is 12.4 Å². The van der Waals surface area contributed by atoms with Crippen LogP contribution in [0.15, 0.2) is 54.9 Å². The van der Waals surface area contributed by atoms with Crippen LogP contribution in [0.5, 0.6) is 0 Å². The predicted molar refractivity (Wildman–Crippen MR) is 77.1 cm³/mol. The highest BCUT2D eigenvalue weighted by Crippen LogP contribution is 2.29. The second-order valence-electron chi connectivity index (χ2n) is 4.68. The first-order valence-corrected chi connectivity index (χ1v) is 6.46. The molecule has 0 saturated carbocycles. The fourth-order valence-corrected chi connectivity index (χ4v) is 2.37. The predicted octanol–water partition coefficient (Wildman–Crippen LogP) is 1.69. The zero-order chi connectivity index (χ0) is 14.4. The molecular weight excluding hydrogens is 252 g/mol. The number of methoxy groups -OCH3 is 1. The quantitative estimate of drug-likeness (QED) is 0.840. The van der Waals surface area contributed by atoms with Gasteiger partial charge in [0.05, 0.1) is 7.11 Å². The van der Waals surface area contributed by atoms with Crippen LogP contribution in [0.3, 0.4) is 0 Å². The number of nitrogens with zero attached hydrogens (tertiary/aromatic N) is 1. The molecule has 1 aromatic heterocycles. The number of rotatable bonds is 5. The van der Waals surface area contributed by atoms with Gasteiger partial charge in [-0.15, -0.1) is 0 Å². The highest BCUT2D eigenvalue weighted by molar-refractivity contribution is 5.84. The van der Waals surface area contributed by atoms with Crippen molar-refractivity contribution >= 4 is 5.97 Å². The van der Waals surface area contributed by atoms with Crippen molar-refractivity contribution in [2.45, 2.75) is 11.8 Å². The Balaban J connectivity index is 2.46. The van der Waals surface area contributed by atoms with Crippen LogP contribution in [0, 0.1) is 0 Å². The summed E-state index contributed by atoms with van der Waals surface area (Å²) in [4.78, 5) is 16.3. The maximum Gasteiger partial charge on any atom is 0.317 e. The average Bonchev–Trinajstić information content (AvgIpc) is 2.53. The second-order valence-corrected chi connectivity index (χ2v) is 4.68. The Hall–Kier alpha value is -2.20. The van der Waals surface area contributed by atoms with Crippen LogP contribution in [-0.4, -0.2) is 24.6 Å². The Labute approximate surface area is 118 Å². The molecule has 4 nitrogen and oxygen atoms in total. The second kappa shape index (κ2) is 6.30. The lowest BCUT2D eigenvalue weighted by Crippen LogP contribution is -2.45. The Morgan fingerprint density at radius 3 is 2.40 bits per heavy atom. The summed E-state index contributed by atoms with van der Waals surface area (Å²) < 4.78 is 5.00. The van der Waals surface area contributed by atoms with Crippen molar-refractivity contribution in [3.8, 4) is 0 Å². The summed E-state index contributed by atoms with van der Waals surface area (Å²) >= 11 is 0. The molecule has 2 rings (SSSR count). The summed E-state index contributed by atoms with van der Waals surface area (Å²) in [5.74, 6) is -0.317. The van der Waals surface area contributed by atoms with Gasteiger partial charge in [0.2, 0.25) is 0 Å². The number of carbonyl (C=O) groups excluding carboxylic acids is 1. The lowest BCUT2D eigenvalue weighted by atomic mass is 9.75. The molecule has 0 bridgehead atoms. The maximum absolute atomic E-state index is 12.4. The third-order valence-electron chi connectivity index (χ3n) is 3.51. The van der Waals surface area contributed by atoms with Crippen LogP contribution in [0.1, 0.15) is 11.1 Å². The van der Waals surface area contributed by atoms with Gasteiger partial charge in [0, 0.05) is 18.9 Å². The van der Waals surface area contributed by atoms with Crippen molar-refractivity contribution in [1.82, 2.24) is 4.98 Å². The van der Waals surface area contributed by atoms with E-state index in [-0.39, 0.29) is 12.5 Å². The summed E-state index contributed by atoms with van der Waals surface area (Å²) in [7, 11) is 1.39. The minimum absolute atomic E-state index is 0.187. The molecule has 1 heterocycles. The monoisotopic (exact) mass is 270 g/mol. The topological polar surface area (TPSA) is 65.2 Å². The fourth-order valence-electron chi connectivity index (χ4n) is 2.37. The third-order valence-corrected chi connectivity index (χ3v) is 3.51. The number of carbonyl (C=O) groups is 1. The van der Waals surface area contributed by atoms with Gasteiger partial charge in [-0.3, -0.25) is 9.78 Å². The van der Waals surface area contributed by atoms with Gasteiger partial charge in [0.15, 0.2) is 0 Å². The molecule has 0 spiro atoms. The third kappa shape index (κ3) is 2.70. The Morgan fingerprint density at radius 1 is 1.20 bits per heavy atom. The number of benzene rings is 1. The van der Waals surface area contributed by atoms with Crippen LogP contribution in [0.2, 0.25) is 0 Å². The highest BCUT2D eigenvalue weighted by Gasteiger charge is 2.40. The first-order chi connectivity index (χ1) is 9.73. The molecular formula is C16H18N2O2. The van der Waals surface area contributed by atoms with Gasteiger partial charge < -0.3 is 10.5 Å². The van der Waals surface area contributed by atoms with Crippen molar-refractivity contribution in [3.05, 3.63) is 66.0 Å². The molecule has 2 N–H and O–H groups in total. The fraction of sp³-hybridized carbons (Fsp3) is 0.250. The van der Waals surface area contributed by atoms with Crippen LogP contribution in [-0.2, 0) is 21.4 Å². The van der Waals surface area contributed by atoms with Gasteiger partial charge in [-0.25, -0.2) is 0 Å². The Morgan fingerprint density at radius 2 is 1.85 bits per heavy atom.